The normalized spacial score (nSPS) is 18.6. The second-order valence-corrected chi connectivity index (χ2v) is 9.71. The number of aromatic nitrogens is 6. The summed E-state index contributed by atoms with van der Waals surface area (Å²) in [6.45, 7) is 3.90. The molecule has 206 valence electrons. The number of rotatable bonds is 6. The van der Waals surface area contributed by atoms with Crippen molar-refractivity contribution in [3.8, 4) is 17.3 Å². The number of alkyl halides is 6. The van der Waals surface area contributed by atoms with Crippen LogP contribution >= 0.6 is 11.3 Å². The van der Waals surface area contributed by atoms with Gasteiger partial charge in [-0.25, -0.2) is 24.6 Å². The van der Waals surface area contributed by atoms with E-state index in [1.54, 1.807) is 20.8 Å². The first-order valence-electron chi connectivity index (χ1n) is 11.2. The van der Waals surface area contributed by atoms with Gasteiger partial charge in [0.15, 0.2) is 11.6 Å². The first kappa shape index (κ1) is 27.7. The molecule has 1 atom stereocenters. The number of carbonyl (C=O) groups excluding carboxylic acids is 1. The number of carbonyl (C=O) groups is 1. The molecule has 1 N–H and O–H groups in total. The lowest BCUT2D eigenvalue weighted by atomic mass is 9.92. The Bertz CT molecular complexity index is 1310. The van der Waals surface area contributed by atoms with E-state index in [2.05, 4.69) is 35.1 Å². The summed E-state index contributed by atoms with van der Waals surface area (Å²) in [5.74, 6) is 0.596. The predicted octanol–water partition coefficient (Wildman–Crippen LogP) is 3.12. The van der Waals surface area contributed by atoms with E-state index in [1.807, 2.05) is 0 Å². The van der Waals surface area contributed by atoms with Gasteiger partial charge in [-0.15, -0.1) is 11.3 Å². The van der Waals surface area contributed by atoms with E-state index in [1.165, 1.54) is 9.58 Å². The van der Waals surface area contributed by atoms with Crippen molar-refractivity contribution in [1.82, 2.24) is 39.9 Å². The molecule has 0 bridgehead atoms. The Morgan fingerprint density at radius 2 is 1.84 bits per heavy atom. The van der Waals surface area contributed by atoms with Gasteiger partial charge >= 0.3 is 18.4 Å². The molecule has 17 heteroatoms. The number of halogens is 6. The van der Waals surface area contributed by atoms with E-state index >= 15 is 0 Å². The molecule has 10 nitrogen and oxygen atoms in total. The molecule has 0 spiro atoms. The summed E-state index contributed by atoms with van der Waals surface area (Å²) in [5, 5.41) is 6.16. The van der Waals surface area contributed by atoms with Gasteiger partial charge < -0.3 is 15.0 Å². The molecule has 1 saturated heterocycles. The van der Waals surface area contributed by atoms with Crippen molar-refractivity contribution in [3.63, 3.8) is 0 Å². The van der Waals surface area contributed by atoms with Gasteiger partial charge in [-0.1, -0.05) is 0 Å². The minimum atomic E-state index is -4.78. The van der Waals surface area contributed by atoms with Gasteiger partial charge in [-0.3, -0.25) is 4.79 Å². The lowest BCUT2D eigenvalue weighted by Gasteiger charge is -2.45. The highest BCUT2D eigenvalue weighted by Gasteiger charge is 2.46. The van der Waals surface area contributed by atoms with Crippen LogP contribution in [0.2, 0.25) is 0 Å². The summed E-state index contributed by atoms with van der Waals surface area (Å²) in [6, 6.07) is -0.597. The topological polar surface area (TPSA) is 111 Å². The number of thiazole rings is 1. The molecule has 0 saturated carbocycles. The predicted molar refractivity (Wildman–Crippen MR) is 121 cm³/mol. The van der Waals surface area contributed by atoms with Crippen LogP contribution in [-0.2, 0) is 23.1 Å². The number of hydrogen-bond donors (Lipinski definition) is 1. The Morgan fingerprint density at radius 1 is 1.16 bits per heavy atom. The van der Waals surface area contributed by atoms with E-state index in [0.29, 0.717) is 29.5 Å². The molecule has 3 aromatic rings. The maximum atomic E-state index is 13.7. The summed E-state index contributed by atoms with van der Waals surface area (Å²) < 4.78 is 84.4. The van der Waals surface area contributed by atoms with Gasteiger partial charge in [0.05, 0.1) is 16.1 Å². The average Bonchev–Trinajstić information content (AvgIpc) is 3.41. The molecule has 0 aromatic carbocycles. The van der Waals surface area contributed by atoms with Gasteiger partial charge in [0, 0.05) is 37.6 Å². The number of piperazine rings is 1. The highest BCUT2D eigenvalue weighted by atomic mass is 32.1. The summed E-state index contributed by atoms with van der Waals surface area (Å²) in [6.07, 6.45) is -7.33. The number of hydrogen-bond acceptors (Lipinski definition) is 9. The molecule has 0 radical (unpaired) electrons. The molecule has 1 amide bonds. The summed E-state index contributed by atoms with van der Waals surface area (Å²) >= 11 is 0.379. The molecule has 1 unspecified atom stereocenters. The first-order valence-corrected chi connectivity index (χ1v) is 12.0. The zero-order chi connectivity index (χ0) is 27.9. The maximum Gasteiger partial charge on any atom is 0.443 e. The smallest absolute Gasteiger partial charge is 0.443 e. The number of nitrogens with one attached hydrogen (secondary N) is 1. The Hall–Kier alpha value is -3.34. The van der Waals surface area contributed by atoms with Crippen LogP contribution in [0.15, 0.2) is 12.4 Å². The number of amides is 1. The highest BCUT2D eigenvalue weighted by Crippen LogP contribution is 2.44. The Balaban J connectivity index is 1.72. The zero-order valence-corrected chi connectivity index (χ0v) is 21.1. The molecule has 0 aliphatic carbocycles. The molecule has 1 fully saturated rings. The summed E-state index contributed by atoms with van der Waals surface area (Å²) in [5.41, 5.74) is -1.38. The summed E-state index contributed by atoms with van der Waals surface area (Å²) in [4.78, 5) is 30.3. The fourth-order valence-corrected chi connectivity index (χ4v) is 5.16. The average molecular weight is 565 g/mol. The third kappa shape index (κ3) is 5.87. The van der Waals surface area contributed by atoms with Gasteiger partial charge in [-0.2, -0.15) is 31.4 Å². The zero-order valence-electron chi connectivity index (χ0n) is 20.3. The molecule has 3 aromatic heterocycles. The van der Waals surface area contributed by atoms with E-state index in [-0.39, 0.29) is 41.7 Å². The maximum absolute atomic E-state index is 13.7. The van der Waals surface area contributed by atoms with Crippen LogP contribution in [0, 0.1) is 13.8 Å². The van der Waals surface area contributed by atoms with Crippen LogP contribution < -0.4 is 10.1 Å². The van der Waals surface area contributed by atoms with Crippen molar-refractivity contribution < 1.29 is 35.9 Å². The van der Waals surface area contributed by atoms with E-state index in [0.717, 1.165) is 12.4 Å². The quantitative estimate of drug-likeness (QED) is 0.455. The molecular weight excluding hydrogens is 542 g/mol. The first-order chi connectivity index (χ1) is 17.7. The minimum Gasteiger partial charge on any atom is -0.454 e. The summed E-state index contributed by atoms with van der Waals surface area (Å²) in [7, 11) is 0. The van der Waals surface area contributed by atoms with Gasteiger partial charge in [0.25, 0.3) is 0 Å². The SMILES string of the molecule is Cc1nc(C)n(CC(=O)N2CCNCC2(C)c2sc(C(F)(F)F)nc2-c2cnc(OCC(F)(F)F)nc2)n1. The van der Waals surface area contributed by atoms with Crippen LogP contribution in [0.4, 0.5) is 26.3 Å². The molecule has 38 heavy (non-hydrogen) atoms. The fourth-order valence-electron chi connectivity index (χ4n) is 4.05. The standard InChI is InChI=1S/C21H22F6N8O2S/c1-11-31-12(2)35(33-11)8-14(36)34-5-4-28-9-19(34,3)16-15(32-17(38-16)21(25,26)27)13-6-29-18(30-7-13)37-10-20(22,23)24/h6-7,28H,4-5,8-10H2,1-3H3. The van der Waals surface area contributed by atoms with Crippen molar-refractivity contribution in [2.75, 3.05) is 26.2 Å². The van der Waals surface area contributed by atoms with E-state index < -0.39 is 35.5 Å². The van der Waals surface area contributed by atoms with Gasteiger partial charge in [0.2, 0.25) is 5.91 Å². The van der Waals surface area contributed by atoms with Crippen molar-refractivity contribution in [2.45, 2.75) is 45.2 Å². The van der Waals surface area contributed by atoms with Crippen molar-refractivity contribution in [1.29, 1.82) is 0 Å². The second-order valence-electron chi connectivity index (χ2n) is 8.71. The molecule has 1 aliphatic heterocycles. The molecular formula is C21H22F6N8O2S. The lowest BCUT2D eigenvalue weighted by Crippen LogP contribution is -2.60. The van der Waals surface area contributed by atoms with Crippen LogP contribution in [0.1, 0.15) is 28.5 Å². The van der Waals surface area contributed by atoms with E-state index in [4.69, 9.17) is 0 Å². The second kappa shape index (κ2) is 10.1. The Labute approximate surface area is 216 Å². The van der Waals surface area contributed by atoms with Crippen LogP contribution in [-0.4, -0.2) is 72.9 Å². The Morgan fingerprint density at radius 3 is 2.42 bits per heavy atom. The number of ether oxygens (including phenoxy) is 1. The van der Waals surface area contributed by atoms with Crippen LogP contribution in [0.25, 0.3) is 11.3 Å². The third-order valence-electron chi connectivity index (χ3n) is 5.75. The molecule has 4 heterocycles. The van der Waals surface area contributed by atoms with Crippen molar-refractivity contribution in [3.05, 3.63) is 33.9 Å². The van der Waals surface area contributed by atoms with Crippen molar-refractivity contribution >= 4 is 17.2 Å². The minimum absolute atomic E-state index is 0.0213. The fraction of sp³-hybridized carbons (Fsp3) is 0.524. The van der Waals surface area contributed by atoms with Crippen LogP contribution in [0.5, 0.6) is 6.01 Å². The number of aryl methyl sites for hydroxylation is 2. The lowest BCUT2D eigenvalue weighted by molar-refractivity contribution is -0.154. The van der Waals surface area contributed by atoms with Crippen molar-refractivity contribution in [2.24, 2.45) is 0 Å². The van der Waals surface area contributed by atoms with Crippen LogP contribution in [0.3, 0.4) is 0 Å². The molecule has 4 rings (SSSR count). The highest BCUT2D eigenvalue weighted by molar-refractivity contribution is 7.12. The van der Waals surface area contributed by atoms with Gasteiger partial charge in [0.1, 0.15) is 18.2 Å². The third-order valence-corrected chi connectivity index (χ3v) is 7.10. The Kier molecular flexibility index (Phi) is 7.35. The monoisotopic (exact) mass is 564 g/mol. The van der Waals surface area contributed by atoms with Gasteiger partial charge in [-0.05, 0) is 20.8 Å². The largest absolute Gasteiger partial charge is 0.454 e. The number of nitrogens with zero attached hydrogens (tertiary/aromatic N) is 7. The molecule has 1 aliphatic rings. The van der Waals surface area contributed by atoms with E-state index in [9.17, 15) is 31.1 Å².